The van der Waals surface area contributed by atoms with Crippen molar-refractivity contribution in [1.82, 2.24) is 9.80 Å². The molecule has 0 aromatic heterocycles. The van der Waals surface area contributed by atoms with Crippen molar-refractivity contribution in [3.63, 3.8) is 0 Å². The Morgan fingerprint density at radius 1 is 1.41 bits per heavy atom. The van der Waals surface area contributed by atoms with Crippen molar-refractivity contribution in [2.24, 2.45) is 0 Å². The first-order valence-corrected chi connectivity index (χ1v) is 6.56. The lowest BCUT2D eigenvalue weighted by atomic mass is 10.1. The molecular weight excluding hydrogens is 304 g/mol. The summed E-state index contributed by atoms with van der Waals surface area (Å²) in [7, 11) is 4.06. The zero-order valence-electron chi connectivity index (χ0n) is 9.78. The molecule has 0 unspecified atom stereocenters. The monoisotopic (exact) mass is 316 g/mol. The highest BCUT2D eigenvalue weighted by atomic mass is 79.9. The van der Waals surface area contributed by atoms with Crippen molar-refractivity contribution in [3.05, 3.63) is 33.3 Å². The maximum absolute atomic E-state index is 12.1. The van der Waals surface area contributed by atoms with Crippen molar-refractivity contribution in [1.29, 1.82) is 0 Å². The number of amides is 1. The van der Waals surface area contributed by atoms with Crippen molar-refractivity contribution in [2.45, 2.75) is 6.04 Å². The quantitative estimate of drug-likeness (QED) is 0.837. The molecule has 92 valence electrons. The predicted molar refractivity (Wildman–Crippen MR) is 72.5 cm³/mol. The van der Waals surface area contributed by atoms with Crippen LogP contribution < -0.4 is 0 Å². The van der Waals surface area contributed by atoms with Crippen LogP contribution in [0.4, 0.5) is 0 Å². The van der Waals surface area contributed by atoms with Crippen molar-refractivity contribution >= 4 is 33.4 Å². The zero-order chi connectivity index (χ0) is 12.6. The standard InChI is InChI=1S/C12H14BrClN2O/c1-15(2)11-6-16(7-11)12(17)8-3-9(13)5-10(14)4-8/h3-5,11H,6-7H2,1-2H3. The van der Waals surface area contributed by atoms with Crippen molar-refractivity contribution in [2.75, 3.05) is 27.2 Å². The van der Waals surface area contributed by atoms with Gasteiger partial charge in [-0.25, -0.2) is 0 Å². The normalized spacial score (nSPS) is 16.2. The summed E-state index contributed by atoms with van der Waals surface area (Å²) in [5, 5.41) is 0.576. The molecule has 0 N–H and O–H groups in total. The van der Waals surface area contributed by atoms with Crippen LogP contribution in [0.25, 0.3) is 0 Å². The Morgan fingerprint density at radius 2 is 2.06 bits per heavy atom. The molecular formula is C12H14BrClN2O. The summed E-state index contributed by atoms with van der Waals surface area (Å²) in [5.41, 5.74) is 0.640. The zero-order valence-corrected chi connectivity index (χ0v) is 12.1. The molecule has 3 nitrogen and oxygen atoms in total. The molecule has 0 radical (unpaired) electrons. The second kappa shape index (κ2) is 4.96. The molecule has 0 aliphatic carbocycles. The third-order valence-corrected chi connectivity index (χ3v) is 3.67. The van der Waals surface area contributed by atoms with E-state index in [1.165, 1.54) is 0 Å². The number of benzene rings is 1. The van der Waals surface area contributed by atoms with E-state index in [2.05, 4.69) is 20.8 Å². The third-order valence-electron chi connectivity index (χ3n) is 2.99. The van der Waals surface area contributed by atoms with Gasteiger partial charge in [-0.2, -0.15) is 0 Å². The van der Waals surface area contributed by atoms with E-state index in [0.29, 0.717) is 16.6 Å². The average Bonchev–Trinajstić information content (AvgIpc) is 2.12. The van der Waals surface area contributed by atoms with Crippen LogP contribution in [0.2, 0.25) is 5.02 Å². The Morgan fingerprint density at radius 3 is 2.59 bits per heavy atom. The molecule has 0 atom stereocenters. The SMILES string of the molecule is CN(C)C1CN(C(=O)c2cc(Cl)cc(Br)c2)C1. The highest BCUT2D eigenvalue weighted by Gasteiger charge is 2.32. The first-order valence-electron chi connectivity index (χ1n) is 5.39. The van der Waals surface area contributed by atoms with Crippen molar-refractivity contribution in [3.8, 4) is 0 Å². The van der Waals surface area contributed by atoms with Gasteiger partial charge in [-0.05, 0) is 32.3 Å². The molecule has 1 aliphatic heterocycles. The molecule has 1 amide bonds. The smallest absolute Gasteiger partial charge is 0.254 e. The largest absolute Gasteiger partial charge is 0.335 e. The number of likely N-dealkylation sites (tertiary alicyclic amines) is 1. The fourth-order valence-corrected chi connectivity index (χ4v) is 2.67. The molecule has 1 fully saturated rings. The molecule has 1 heterocycles. The first-order chi connectivity index (χ1) is 7.97. The molecule has 0 spiro atoms. The number of carbonyl (C=O) groups is 1. The maximum atomic E-state index is 12.1. The van der Waals surface area contributed by atoms with Gasteiger partial charge in [0.2, 0.25) is 0 Å². The Bertz CT molecular complexity index is 424. The lowest BCUT2D eigenvalue weighted by molar-refractivity contribution is 0.0399. The fraction of sp³-hybridized carbons (Fsp3) is 0.417. The molecule has 1 aromatic carbocycles. The minimum atomic E-state index is 0.0475. The van der Waals surface area contributed by atoms with E-state index in [1.807, 2.05) is 19.0 Å². The summed E-state index contributed by atoms with van der Waals surface area (Å²) >= 11 is 9.27. The van der Waals surface area contributed by atoms with Gasteiger partial charge in [0, 0.05) is 34.2 Å². The minimum Gasteiger partial charge on any atom is -0.335 e. The van der Waals surface area contributed by atoms with E-state index >= 15 is 0 Å². The first kappa shape index (κ1) is 12.9. The van der Waals surface area contributed by atoms with Crippen molar-refractivity contribution < 1.29 is 4.79 Å². The Labute approximate surface area is 114 Å². The number of hydrogen-bond donors (Lipinski definition) is 0. The van der Waals surface area contributed by atoms with Crippen LogP contribution >= 0.6 is 27.5 Å². The maximum Gasteiger partial charge on any atom is 0.254 e. The Hall–Kier alpha value is -0.580. The summed E-state index contributed by atoms with van der Waals surface area (Å²) in [6, 6.07) is 5.76. The number of likely N-dealkylation sites (N-methyl/N-ethyl adjacent to an activating group) is 1. The van der Waals surface area contributed by atoms with E-state index in [-0.39, 0.29) is 5.91 Å². The van der Waals surface area contributed by atoms with Crippen LogP contribution in [0.1, 0.15) is 10.4 Å². The summed E-state index contributed by atoms with van der Waals surface area (Å²) < 4.78 is 0.832. The molecule has 0 saturated carbocycles. The molecule has 1 aromatic rings. The summed E-state index contributed by atoms with van der Waals surface area (Å²) in [4.78, 5) is 16.1. The lowest BCUT2D eigenvalue weighted by Gasteiger charge is -2.42. The van der Waals surface area contributed by atoms with Gasteiger partial charge < -0.3 is 9.80 Å². The van der Waals surface area contributed by atoms with Crippen LogP contribution in [-0.2, 0) is 0 Å². The van der Waals surface area contributed by atoms with Crippen LogP contribution in [0, 0.1) is 0 Å². The van der Waals surface area contributed by atoms with E-state index < -0.39 is 0 Å². The van der Waals surface area contributed by atoms with Crippen LogP contribution in [-0.4, -0.2) is 48.9 Å². The number of hydrogen-bond acceptors (Lipinski definition) is 2. The van der Waals surface area contributed by atoms with Gasteiger partial charge >= 0.3 is 0 Å². The number of carbonyl (C=O) groups excluding carboxylic acids is 1. The molecule has 5 heteroatoms. The van der Waals surface area contributed by atoms with E-state index in [0.717, 1.165) is 17.6 Å². The topological polar surface area (TPSA) is 23.6 Å². The van der Waals surface area contributed by atoms with Gasteiger partial charge in [-0.1, -0.05) is 27.5 Å². The number of rotatable bonds is 2. The highest BCUT2D eigenvalue weighted by Crippen LogP contribution is 2.23. The van der Waals surface area contributed by atoms with E-state index in [4.69, 9.17) is 11.6 Å². The van der Waals surface area contributed by atoms with Gasteiger partial charge in [0.25, 0.3) is 5.91 Å². The van der Waals surface area contributed by atoms with Crippen LogP contribution in [0.3, 0.4) is 0 Å². The van der Waals surface area contributed by atoms with E-state index in [9.17, 15) is 4.79 Å². The lowest BCUT2D eigenvalue weighted by Crippen LogP contribution is -2.59. The Balaban J connectivity index is 2.06. The second-order valence-corrected chi connectivity index (χ2v) is 5.84. The highest BCUT2D eigenvalue weighted by molar-refractivity contribution is 9.10. The molecule has 0 bridgehead atoms. The predicted octanol–water partition coefficient (Wildman–Crippen LogP) is 2.49. The number of nitrogens with zero attached hydrogens (tertiary/aromatic N) is 2. The van der Waals surface area contributed by atoms with Crippen LogP contribution in [0.5, 0.6) is 0 Å². The third kappa shape index (κ3) is 2.81. The minimum absolute atomic E-state index is 0.0475. The Kier molecular flexibility index (Phi) is 3.76. The summed E-state index contributed by atoms with van der Waals surface area (Å²) in [5.74, 6) is 0.0475. The molecule has 2 rings (SSSR count). The fourth-order valence-electron chi connectivity index (χ4n) is 1.81. The molecule has 1 saturated heterocycles. The van der Waals surface area contributed by atoms with Crippen LogP contribution in [0.15, 0.2) is 22.7 Å². The van der Waals surface area contributed by atoms with Gasteiger partial charge in [0.05, 0.1) is 0 Å². The van der Waals surface area contributed by atoms with Gasteiger partial charge in [-0.3, -0.25) is 4.79 Å². The summed E-state index contributed by atoms with van der Waals surface area (Å²) in [6.07, 6.45) is 0. The van der Waals surface area contributed by atoms with Gasteiger partial charge in [0.1, 0.15) is 0 Å². The molecule has 1 aliphatic rings. The second-order valence-electron chi connectivity index (χ2n) is 4.49. The number of halogens is 2. The van der Waals surface area contributed by atoms with Gasteiger partial charge in [-0.15, -0.1) is 0 Å². The average molecular weight is 318 g/mol. The van der Waals surface area contributed by atoms with E-state index in [1.54, 1.807) is 18.2 Å². The van der Waals surface area contributed by atoms with Gasteiger partial charge in [0.15, 0.2) is 0 Å². The molecule has 17 heavy (non-hydrogen) atoms. The summed E-state index contributed by atoms with van der Waals surface area (Å²) in [6.45, 7) is 1.58.